The minimum absolute atomic E-state index is 0.0810. The summed E-state index contributed by atoms with van der Waals surface area (Å²) < 4.78 is 11.2. The Labute approximate surface area is 106 Å². The number of carboxylic acids is 1. The summed E-state index contributed by atoms with van der Waals surface area (Å²) in [6.45, 7) is 3.88. The van der Waals surface area contributed by atoms with E-state index in [1.54, 1.807) is 6.07 Å². The largest absolute Gasteiger partial charge is 0.483 e. The van der Waals surface area contributed by atoms with Crippen LogP contribution in [0.1, 0.15) is 19.4 Å². The van der Waals surface area contributed by atoms with E-state index in [1.807, 2.05) is 26.0 Å². The number of aliphatic carboxylic acids is 1. The average molecular weight is 251 g/mol. The van der Waals surface area contributed by atoms with Crippen LogP contribution >= 0.6 is 0 Å². The van der Waals surface area contributed by atoms with Crippen molar-refractivity contribution < 1.29 is 19.4 Å². The normalized spacial score (nSPS) is 17.7. The maximum Gasteiger partial charge on any atom is 0.346 e. The Morgan fingerprint density at radius 2 is 2.33 bits per heavy atom. The van der Waals surface area contributed by atoms with Crippen LogP contribution in [-0.4, -0.2) is 29.3 Å². The predicted molar refractivity (Wildman–Crippen MR) is 66.0 cm³/mol. The van der Waals surface area contributed by atoms with Gasteiger partial charge in [-0.05, 0) is 19.9 Å². The van der Waals surface area contributed by atoms with Crippen LogP contribution in [0, 0.1) is 0 Å². The van der Waals surface area contributed by atoms with Gasteiger partial charge in [0.05, 0.1) is 0 Å². The standard InChI is InChI=1S/C13H17NO4/c1-13(2)6-8-4-3-5-9(11(8)18-13)17-10(7-14)12(15)16/h3-5,10H,6-7,14H2,1-2H3,(H,15,16). The SMILES string of the molecule is CC1(C)Cc2cccc(OC(CN)C(=O)O)c2O1. The molecule has 3 N–H and O–H groups in total. The number of benzene rings is 1. The van der Waals surface area contributed by atoms with E-state index in [-0.39, 0.29) is 12.1 Å². The summed E-state index contributed by atoms with van der Waals surface area (Å²) in [7, 11) is 0. The highest BCUT2D eigenvalue weighted by Gasteiger charge is 2.33. The highest BCUT2D eigenvalue weighted by molar-refractivity contribution is 5.73. The number of nitrogens with two attached hydrogens (primary N) is 1. The third kappa shape index (κ3) is 2.41. The Morgan fingerprint density at radius 3 is 2.94 bits per heavy atom. The lowest BCUT2D eigenvalue weighted by atomic mass is 10.0. The molecule has 0 aliphatic carbocycles. The molecule has 1 aliphatic heterocycles. The Kier molecular flexibility index (Phi) is 3.17. The van der Waals surface area contributed by atoms with Gasteiger partial charge < -0.3 is 20.3 Å². The average Bonchev–Trinajstić information content (AvgIpc) is 2.60. The van der Waals surface area contributed by atoms with Crippen LogP contribution in [0.4, 0.5) is 0 Å². The maximum atomic E-state index is 10.9. The predicted octanol–water partition coefficient (Wildman–Crippen LogP) is 1.19. The minimum atomic E-state index is -1.08. The number of carbonyl (C=O) groups is 1. The molecule has 0 fully saturated rings. The summed E-state index contributed by atoms with van der Waals surface area (Å²) in [6.07, 6.45) is -0.274. The van der Waals surface area contributed by atoms with Crippen LogP contribution in [-0.2, 0) is 11.2 Å². The number of rotatable bonds is 4. The van der Waals surface area contributed by atoms with Gasteiger partial charge in [0.2, 0.25) is 6.10 Å². The van der Waals surface area contributed by atoms with Crippen molar-refractivity contribution in [3.05, 3.63) is 23.8 Å². The molecule has 1 aliphatic rings. The molecular formula is C13H17NO4. The summed E-state index contributed by atoms with van der Waals surface area (Å²) >= 11 is 0. The number of para-hydroxylation sites is 1. The quantitative estimate of drug-likeness (QED) is 0.840. The number of fused-ring (bicyclic) bond motifs is 1. The molecule has 0 aromatic heterocycles. The summed E-state index contributed by atoms with van der Waals surface area (Å²) in [5, 5.41) is 8.94. The topological polar surface area (TPSA) is 81.8 Å². The highest BCUT2D eigenvalue weighted by Crippen LogP contribution is 2.41. The summed E-state index contributed by atoms with van der Waals surface area (Å²) in [5.41, 5.74) is 6.11. The Balaban J connectivity index is 2.27. The number of hydrogen-bond donors (Lipinski definition) is 2. The maximum absolute atomic E-state index is 10.9. The molecule has 0 spiro atoms. The van der Waals surface area contributed by atoms with Gasteiger partial charge in [0.25, 0.3) is 0 Å². The van der Waals surface area contributed by atoms with Crippen molar-refractivity contribution in [2.45, 2.75) is 32.0 Å². The Bertz CT molecular complexity index is 470. The lowest BCUT2D eigenvalue weighted by Gasteiger charge is -2.19. The van der Waals surface area contributed by atoms with Gasteiger partial charge in [-0.1, -0.05) is 12.1 Å². The fraction of sp³-hybridized carbons (Fsp3) is 0.462. The zero-order chi connectivity index (χ0) is 13.3. The zero-order valence-corrected chi connectivity index (χ0v) is 10.5. The van der Waals surface area contributed by atoms with Gasteiger partial charge in [-0.2, -0.15) is 0 Å². The van der Waals surface area contributed by atoms with Crippen molar-refractivity contribution in [3.8, 4) is 11.5 Å². The molecule has 1 aromatic rings. The third-order valence-electron chi connectivity index (χ3n) is 2.81. The van der Waals surface area contributed by atoms with Crippen LogP contribution in [0.3, 0.4) is 0 Å². The van der Waals surface area contributed by atoms with Crippen molar-refractivity contribution in [2.75, 3.05) is 6.54 Å². The molecule has 0 amide bonds. The molecule has 18 heavy (non-hydrogen) atoms. The smallest absolute Gasteiger partial charge is 0.346 e. The van der Waals surface area contributed by atoms with Gasteiger partial charge in [0.1, 0.15) is 5.60 Å². The molecule has 0 saturated heterocycles. The second kappa shape index (κ2) is 4.49. The van der Waals surface area contributed by atoms with Gasteiger partial charge in [0, 0.05) is 18.5 Å². The van der Waals surface area contributed by atoms with Crippen LogP contribution in [0.5, 0.6) is 11.5 Å². The lowest BCUT2D eigenvalue weighted by Crippen LogP contribution is -2.34. The molecule has 0 radical (unpaired) electrons. The van der Waals surface area contributed by atoms with E-state index in [1.165, 1.54) is 0 Å². The van der Waals surface area contributed by atoms with E-state index < -0.39 is 12.1 Å². The van der Waals surface area contributed by atoms with Gasteiger partial charge >= 0.3 is 5.97 Å². The van der Waals surface area contributed by atoms with E-state index in [0.717, 1.165) is 12.0 Å². The fourth-order valence-corrected chi connectivity index (χ4v) is 2.03. The van der Waals surface area contributed by atoms with E-state index in [4.69, 9.17) is 20.3 Å². The molecule has 1 atom stereocenters. The number of carboxylic acid groups (broad SMARTS) is 1. The van der Waals surface area contributed by atoms with Crippen molar-refractivity contribution >= 4 is 5.97 Å². The molecule has 1 aromatic carbocycles. The first-order valence-corrected chi connectivity index (χ1v) is 5.83. The zero-order valence-electron chi connectivity index (χ0n) is 10.5. The van der Waals surface area contributed by atoms with E-state index in [0.29, 0.717) is 11.5 Å². The molecular weight excluding hydrogens is 234 g/mol. The first kappa shape index (κ1) is 12.7. The number of hydrogen-bond acceptors (Lipinski definition) is 4. The van der Waals surface area contributed by atoms with Crippen molar-refractivity contribution in [3.63, 3.8) is 0 Å². The monoisotopic (exact) mass is 251 g/mol. The van der Waals surface area contributed by atoms with Crippen molar-refractivity contribution in [1.82, 2.24) is 0 Å². The van der Waals surface area contributed by atoms with Crippen LogP contribution in [0.25, 0.3) is 0 Å². The van der Waals surface area contributed by atoms with Crippen LogP contribution < -0.4 is 15.2 Å². The summed E-state index contributed by atoms with van der Waals surface area (Å²) in [4.78, 5) is 10.9. The second-order valence-electron chi connectivity index (χ2n) is 4.96. The summed E-state index contributed by atoms with van der Waals surface area (Å²) in [6, 6.07) is 5.48. The summed E-state index contributed by atoms with van der Waals surface area (Å²) in [5.74, 6) is -0.00881. The molecule has 98 valence electrons. The van der Waals surface area contributed by atoms with Crippen LogP contribution in [0.15, 0.2) is 18.2 Å². The molecule has 5 heteroatoms. The van der Waals surface area contributed by atoms with Gasteiger partial charge in [-0.15, -0.1) is 0 Å². The first-order valence-electron chi connectivity index (χ1n) is 5.83. The Hall–Kier alpha value is -1.75. The molecule has 1 heterocycles. The molecule has 2 rings (SSSR count). The first-order chi connectivity index (χ1) is 8.43. The lowest BCUT2D eigenvalue weighted by molar-refractivity contribution is -0.144. The van der Waals surface area contributed by atoms with E-state index in [2.05, 4.69) is 0 Å². The molecule has 0 saturated carbocycles. The van der Waals surface area contributed by atoms with Crippen LogP contribution in [0.2, 0.25) is 0 Å². The van der Waals surface area contributed by atoms with E-state index >= 15 is 0 Å². The minimum Gasteiger partial charge on any atom is -0.483 e. The fourth-order valence-electron chi connectivity index (χ4n) is 2.03. The molecule has 1 unspecified atom stereocenters. The van der Waals surface area contributed by atoms with Crippen molar-refractivity contribution in [1.29, 1.82) is 0 Å². The Morgan fingerprint density at radius 1 is 1.61 bits per heavy atom. The van der Waals surface area contributed by atoms with Gasteiger partial charge in [0.15, 0.2) is 11.5 Å². The molecule has 0 bridgehead atoms. The third-order valence-corrected chi connectivity index (χ3v) is 2.81. The van der Waals surface area contributed by atoms with Crippen molar-refractivity contribution in [2.24, 2.45) is 5.73 Å². The molecule has 5 nitrogen and oxygen atoms in total. The number of ether oxygens (including phenoxy) is 2. The second-order valence-corrected chi connectivity index (χ2v) is 4.96. The highest BCUT2D eigenvalue weighted by atomic mass is 16.6. The van der Waals surface area contributed by atoms with Gasteiger partial charge in [-0.25, -0.2) is 4.79 Å². The van der Waals surface area contributed by atoms with E-state index in [9.17, 15) is 4.79 Å². The van der Waals surface area contributed by atoms with Gasteiger partial charge in [-0.3, -0.25) is 0 Å².